The monoisotopic (exact) mass is 544 g/mol. The van der Waals surface area contributed by atoms with E-state index < -0.39 is 23.8 Å². The van der Waals surface area contributed by atoms with E-state index in [9.17, 15) is 22.8 Å². The van der Waals surface area contributed by atoms with Gasteiger partial charge in [0, 0.05) is 36.1 Å². The Hall–Kier alpha value is -4.99. The van der Waals surface area contributed by atoms with Crippen LogP contribution in [0.5, 0.6) is 0 Å². The molecule has 0 bridgehead atoms. The SMILES string of the molecule is C[C@H](NC(=O)c1cc(-c2cncnc2)cc2ccn(Cc3ccc(C(F)(F)F)cc3)c12)c1ccc(C(=O)O)cc1. The first kappa shape index (κ1) is 26.6. The van der Waals surface area contributed by atoms with Crippen LogP contribution >= 0.6 is 0 Å². The highest BCUT2D eigenvalue weighted by Crippen LogP contribution is 2.31. The Labute approximate surface area is 226 Å². The summed E-state index contributed by atoms with van der Waals surface area (Å²) in [5, 5.41) is 12.9. The number of nitrogens with one attached hydrogen (secondary N) is 1. The Balaban J connectivity index is 1.52. The number of rotatable bonds is 7. The lowest BCUT2D eigenvalue weighted by Crippen LogP contribution is -2.27. The Morgan fingerprint density at radius 3 is 2.25 bits per heavy atom. The molecule has 5 rings (SSSR count). The summed E-state index contributed by atoms with van der Waals surface area (Å²) >= 11 is 0. The highest BCUT2D eigenvalue weighted by Gasteiger charge is 2.30. The molecule has 0 radical (unpaired) electrons. The van der Waals surface area contributed by atoms with E-state index >= 15 is 0 Å². The average Bonchev–Trinajstić information content (AvgIpc) is 3.35. The lowest BCUT2D eigenvalue weighted by molar-refractivity contribution is -0.137. The van der Waals surface area contributed by atoms with Crippen molar-refractivity contribution in [3.63, 3.8) is 0 Å². The summed E-state index contributed by atoms with van der Waals surface area (Å²) in [7, 11) is 0. The van der Waals surface area contributed by atoms with Crippen molar-refractivity contribution in [2.45, 2.75) is 25.7 Å². The van der Waals surface area contributed by atoms with Gasteiger partial charge in [0.15, 0.2) is 0 Å². The molecular weight excluding hydrogens is 521 g/mol. The van der Waals surface area contributed by atoms with Crippen LogP contribution < -0.4 is 5.32 Å². The minimum Gasteiger partial charge on any atom is -0.478 e. The lowest BCUT2D eigenvalue weighted by atomic mass is 10.0. The van der Waals surface area contributed by atoms with Crippen LogP contribution in [-0.4, -0.2) is 31.5 Å². The zero-order chi connectivity index (χ0) is 28.4. The molecule has 2 N–H and O–H groups in total. The molecule has 5 aromatic rings. The normalized spacial score (nSPS) is 12.3. The fourth-order valence-electron chi connectivity index (χ4n) is 4.54. The molecule has 0 spiro atoms. The quantitative estimate of drug-likeness (QED) is 0.249. The number of carbonyl (C=O) groups excluding carboxylic acids is 1. The van der Waals surface area contributed by atoms with Crippen LogP contribution in [0.25, 0.3) is 22.0 Å². The van der Waals surface area contributed by atoms with E-state index in [-0.39, 0.29) is 18.0 Å². The van der Waals surface area contributed by atoms with E-state index in [0.29, 0.717) is 22.2 Å². The van der Waals surface area contributed by atoms with Crippen LogP contribution in [0.1, 0.15) is 50.4 Å². The highest BCUT2D eigenvalue weighted by atomic mass is 19.4. The lowest BCUT2D eigenvalue weighted by Gasteiger charge is -2.17. The largest absolute Gasteiger partial charge is 0.478 e. The number of aromatic carboxylic acids is 1. The van der Waals surface area contributed by atoms with Gasteiger partial charge in [0.1, 0.15) is 6.33 Å². The maximum Gasteiger partial charge on any atom is 0.416 e. The Bertz CT molecular complexity index is 1680. The number of hydrogen-bond acceptors (Lipinski definition) is 4. The van der Waals surface area contributed by atoms with Gasteiger partial charge in [-0.15, -0.1) is 0 Å². The number of aromatic nitrogens is 3. The second kappa shape index (κ2) is 10.6. The third kappa shape index (κ3) is 5.56. The molecule has 40 heavy (non-hydrogen) atoms. The summed E-state index contributed by atoms with van der Waals surface area (Å²) in [4.78, 5) is 33.0. The maximum absolute atomic E-state index is 13.7. The van der Waals surface area contributed by atoms with Crippen molar-refractivity contribution < 1.29 is 27.9 Å². The van der Waals surface area contributed by atoms with Crippen molar-refractivity contribution in [3.05, 3.63) is 119 Å². The van der Waals surface area contributed by atoms with Gasteiger partial charge in [-0.05, 0) is 66.1 Å². The fraction of sp³-hybridized carbons (Fsp3) is 0.133. The summed E-state index contributed by atoms with van der Waals surface area (Å²) in [6.07, 6.45) is 2.06. The molecule has 0 aliphatic rings. The van der Waals surface area contributed by atoms with Gasteiger partial charge in [-0.3, -0.25) is 4.79 Å². The van der Waals surface area contributed by atoms with Gasteiger partial charge in [0.05, 0.1) is 28.2 Å². The predicted octanol–water partition coefficient (Wildman–Crippen LogP) is 6.35. The molecule has 0 fully saturated rings. The molecule has 0 saturated carbocycles. The van der Waals surface area contributed by atoms with Gasteiger partial charge in [0.2, 0.25) is 0 Å². The topological polar surface area (TPSA) is 97.1 Å². The minimum atomic E-state index is -4.42. The van der Waals surface area contributed by atoms with Crippen LogP contribution in [0.2, 0.25) is 0 Å². The Morgan fingerprint density at radius 2 is 1.62 bits per heavy atom. The van der Waals surface area contributed by atoms with Crippen LogP contribution in [0.15, 0.2) is 91.6 Å². The molecule has 2 heterocycles. The number of nitrogens with zero attached hydrogens (tertiary/aromatic N) is 3. The third-order valence-electron chi connectivity index (χ3n) is 6.64. The van der Waals surface area contributed by atoms with Gasteiger partial charge in [-0.25, -0.2) is 14.8 Å². The smallest absolute Gasteiger partial charge is 0.416 e. The molecule has 3 aromatic carbocycles. The molecule has 1 amide bonds. The number of carboxylic acids is 1. The second-order valence-corrected chi connectivity index (χ2v) is 9.35. The summed E-state index contributed by atoms with van der Waals surface area (Å²) < 4.78 is 40.9. The van der Waals surface area contributed by atoms with Gasteiger partial charge < -0.3 is 15.0 Å². The van der Waals surface area contributed by atoms with E-state index in [2.05, 4.69) is 15.3 Å². The van der Waals surface area contributed by atoms with E-state index in [4.69, 9.17) is 5.11 Å². The number of halogens is 3. The Kier molecular flexibility index (Phi) is 7.08. The summed E-state index contributed by atoms with van der Waals surface area (Å²) in [6, 6.07) is 16.2. The van der Waals surface area contributed by atoms with E-state index in [1.165, 1.54) is 30.6 Å². The predicted molar refractivity (Wildman–Crippen MR) is 143 cm³/mol. The molecule has 0 aliphatic heterocycles. The summed E-state index contributed by atoms with van der Waals surface area (Å²) in [6.45, 7) is 2.04. The fourth-order valence-corrected chi connectivity index (χ4v) is 4.54. The van der Waals surface area contributed by atoms with Crippen LogP contribution in [0.4, 0.5) is 13.2 Å². The average molecular weight is 545 g/mol. The Morgan fingerprint density at radius 1 is 0.950 bits per heavy atom. The molecular formula is C30H23F3N4O3. The summed E-state index contributed by atoms with van der Waals surface area (Å²) in [5.74, 6) is -1.41. The second-order valence-electron chi connectivity index (χ2n) is 9.35. The van der Waals surface area contributed by atoms with Crippen molar-refractivity contribution in [2.24, 2.45) is 0 Å². The van der Waals surface area contributed by atoms with E-state index in [1.54, 1.807) is 43.7 Å². The molecule has 7 nitrogen and oxygen atoms in total. The third-order valence-corrected chi connectivity index (χ3v) is 6.64. The number of fused-ring (bicyclic) bond motifs is 1. The molecule has 0 aliphatic carbocycles. The van der Waals surface area contributed by atoms with Crippen molar-refractivity contribution in [1.82, 2.24) is 19.9 Å². The van der Waals surface area contributed by atoms with Gasteiger partial charge in [0.25, 0.3) is 5.91 Å². The van der Waals surface area contributed by atoms with Crippen LogP contribution in [0.3, 0.4) is 0 Å². The molecule has 1 atom stereocenters. The number of amides is 1. The van der Waals surface area contributed by atoms with Crippen LogP contribution in [-0.2, 0) is 12.7 Å². The molecule has 0 unspecified atom stereocenters. The van der Waals surface area contributed by atoms with E-state index in [0.717, 1.165) is 28.6 Å². The van der Waals surface area contributed by atoms with Gasteiger partial charge >= 0.3 is 12.1 Å². The number of benzene rings is 3. The number of carbonyl (C=O) groups is 2. The van der Waals surface area contributed by atoms with Crippen molar-refractivity contribution in [2.75, 3.05) is 0 Å². The van der Waals surface area contributed by atoms with Crippen LogP contribution in [0, 0.1) is 0 Å². The zero-order valence-electron chi connectivity index (χ0n) is 21.2. The van der Waals surface area contributed by atoms with E-state index in [1.807, 2.05) is 16.7 Å². The highest BCUT2D eigenvalue weighted by molar-refractivity contribution is 6.08. The number of alkyl halides is 3. The van der Waals surface area contributed by atoms with Gasteiger partial charge in [-0.2, -0.15) is 13.2 Å². The molecule has 10 heteroatoms. The number of carboxylic acid groups (broad SMARTS) is 1. The first-order chi connectivity index (χ1) is 19.1. The first-order valence-corrected chi connectivity index (χ1v) is 12.3. The molecule has 202 valence electrons. The first-order valence-electron chi connectivity index (χ1n) is 12.3. The zero-order valence-corrected chi connectivity index (χ0v) is 21.2. The minimum absolute atomic E-state index is 0.142. The summed E-state index contributed by atoms with van der Waals surface area (Å²) in [5.41, 5.74) is 3.20. The maximum atomic E-state index is 13.7. The standard InChI is InChI=1S/C30H23F3N4O3/c1-18(20-4-6-21(7-5-20)29(39)40)36-28(38)26-13-23(24-14-34-17-35-15-24)12-22-10-11-37(27(22)26)16-19-2-8-25(9-3-19)30(31,32)33/h2-15,17-18H,16H2,1H3,(H,36,38)(H,39,40)/t18-/m0/s1. The number of hydrogen-bond donors (Lipinski definition) is 2. The van der Waals surface area contributed by atoms with Gasteiger partial charge in [-0.1, -0.05) is 24.3 Å². The van der Waals surface area contributed by atoms with Crippen molar-refractivity contribution in [3.8, 4) is 11.1 Å². The van der Waals surface area contributed by atoms with Crippen molar-refractivity contribution in [1.29, 1.82) is 0 Å². The molecule has 2 aromatic heterocycles. The van der Waals surface area contributed by atoms with Crippen molar-refractivity contribution >= 4 is 22.8 Å². The molecule has 0 saturated heterocycles.